The van der Waals surface area contributed by atoms with E-state index >= 15 is 0 Å². The number of imidazole rings is 1. The molecule has 200 valence electrons. The summed E-state index contributed by atoms with van der Waals surface area (Å²) >= 11 is 0. The molecule has 0 radical (unpaired) electrons. The van der Waals surface area contributed by atoms with E-state index in [1.165, 1.54) is 0 Å². The van der Waals surface area contributed by atoms with Crippen molar-refractivity contribution in [3.05, 3.63) is 60.7 Å². The maximum absolute atomic E-state index is 9.34. The second kappa shape index (κ2) is 11.3. The molecule has 2 aliphatic rings. The van der Waals surface area contributed by atoms with Crippen LogP contribution in [-0.2, 0) is 4.74 Å². The van der Waals surface area contributed by atoms with Crippen LogP contribution in [0.2, 0.25) is 0 Å². The summed E-state index contributed by atoms with van der Waals surface area (Å²) in [5.41, 5.74) is 5.18. The maximum Gasteiger partial charge on any atom is 0.257 e. The lowest BCUT2D eigenvalue weighted by atomic mass is 9.97. The molecule has 6 rings (SSSR count). The van der Waals surface area contributed by atoms with E-state index in [1.807, 2.05) is 40.9 Å². The van der Waals surface area contributed by atoms with E-state index in [2.05, 4.69) is 27.0 Å². The molecular weight excluding hydrogens is 494 g/mol. The van der Waals surface area contributed by atoms with Gasteiger partial charge in [-0.1, -0.05) is 12.1 Å². The minimum atomic E-state index is 0.443. The molecule has 1 saturated heterocycles. The van der Waals surface area contributed by atoms with Crippen LogP contribution in [0, 0.1) is 17.2 Å². The summed E-state index contributed by atoms with van der Waals surface area (Å²) < 4.78 is 25.3. The van der Waals surface area contributed by atoms with Gasteiger partial charge in [-0.15, -0.1) is 0 Å². The fourth-order valence-electron chi connectivity index (χ4n) is 5.39. The van der Waals surface area contributed by atoms with E-state index in [1.54, 1.807) is 19.6 Å². The predicted octanol–water partition coefficient (Wildman–Crippen LogP) is 4.44. The van der Waals surface area contributed by atoms with Crippen LogP contribution in [0.3, 0.4) is 0 Å². The van der Waals surface area contributed by atoms with Crippen molar-refractivity contribution in [3.63, 3.8) is 0 Å². The van der Waals surface area contributed by atoms with Crippen molar-refractivity contribution in [3.8, 4) is 45.8 Å². The van der Waals surface area contributed by atoms with Crippen LogP contribution in [0.1, 0.15) is 18.4 Å². The van der Waals surface area contributed by atoms with Gasteiger partial charge >= 0.3 is 0 Å². The summed E-state index contributed by atoms with van der Waals surface area (Å²) in [6.07, 6.45) is 7.73. The molecule has 1 fully saturated rings. The summed E-state index contributed by atoms with van der Waals surface area (Å²) in [7, 11) is 1.75. The molecule has 0 amide bonds. The number of methoxy groups -OCH3 is 1. The van der Waals surface area contributed by atoms with E-state index in [9.17, 15) is 5.26 Å². The summed E-state index contributed by atoms with van der Waals surface area (Å²) in [6, 6.07) is 13.8. The second-order valence-corrected chi connectivity index (χ2v) is 9.95. The normalized spacial score (nSPS) is 17.2. The third-order valence-corrected chi connectivity index (χ3v) is 7.35. The first-order valence-electron chi connectivity index (χ1n) is 13.3. The van der Waals surface area contributed by atoms with Crippen molar-refractivity contribution in [2.45, 2.75) is 12.8 Å². The number of nitrogens with zero attached hydrogens (tertiary/aromatic N) is 5. The van der Waals surface area contributed by atoms with Gasteiger partial charge in [-0.3, -0.25) is 4.40 Å². The standard InChI is InChI=1S/C30H31N5O4/c1-36-10-9-34-8-2-3-22(18-34)19-39-27-14-25(23-6-4-21(15-31)5-7-23)29(35-20-32-17-26(27)35)24-13-28-30(33-16-24)38-12-11-37-28/h4-7,13-14,16-17,20,22H,2-3,8-12,18-19H2,1H3/t22-/m1/s1. The molecule has 0 N–H and O–H groups in total. The Morgan fingerprint density at radius 3 is 2.82 bits per heavy atom. The molecule has 0 unspecified atom stereocenters. The summed E-state index contributed by atoms with van der Waals surface area (Å²) in [5, 5.41) is 9.34. The fraction of sp³-hybridized carbons (Fsp3) is 0.367. The predicted molar refractivity (Wildman–Crippen MR) is 146 cm³/mol. The zero-order valence-corrected chi connectivity index (χ0v) is 22.0. The first kappa shape index (κ1) is 25.2. The summed E-state index contributed by atoms with van der Waals surface area (Å²) in [4.78, 5) is 11.5. The van der Waals surface area contributed by atoms with Crippen LogP contribution in [0.5, 0.6) is 17.4 Å². The number of pyridine rings is 2. The van der Waals surface area contributed by atoms with Gasteiger partial charge in [0.05, 0.1) is 43.1 Å². The Kier molecular flexibility index (Phi) is 7.30. The average Bonchev–Trinajstić information content (AvgIpc) is 3.49. The highest BCUT2D eigenvalue weighted by molar-refractivity contribution is 5.86. The molecule has 2 aliphatic heterocycles. The number of piperidine rings is 1. The van der Waals surface area contributed by atoms with Gasteiger partial charge in [0.1, 0.15) is 24.5 Å². The quantitative estimate of drug-likeness (QED) is 0.333. The van der Waals surface area contributed by atoms with Crippen LogP contribution in [0.4, 0.5) is 0 Å². The molecule has 0 saturated carbocycles. The fourth-order valence-corrected chi connectivity index (χ4v) is 5.39. The number of aromatic nitrogens is 3. The van der Waals surface area contributed by atoms with Gasteiger partial charge in [-0.2, -0.15) is 5.26 Å². The van der Waals surface area contributed by atoms with Crippen LogP contribution in [0.25, 0.3) is 27.9 Å². The van der Waals surface area contributed by atoms with Crippen molar-refractivity contribution in [2.24, 2.45) is 5.92 Å². The zero-order valence-electron chi connectivity index (χ0n) is 22.0. The average molecular weight is 526 g/mol. The molecule has 0 aliphatic carbocycles. The molecule has 0 bridgehead atoms. The second-order valence-electron chi connectivity index (χ2n) is 9.95. The molecular formula is C30H31N5O4. The summed E-state index contributed by atoms with van der Waals surface area (Å²) in [6.45, 7) is 5.39. The first-order chi connectivity index (χ1) is 19.2. The van der Waals surface area contributed by atoms with Crippen LogP contribution in [0.15, 0.2) is 55.1 Å². The topological polar surface area (TPSA) is 94.1 Å². The van der Waals surface area contributed by atoms with Crippen molar-refractivity contribution in [1.29, 1.82) is 5.26 Å². The van der Waals surface area contributed by atoms with Gasteiger partial charge < -0.3 is 23.8 Å². The van der Waals surface area contributed by atoms with E-state index in [0.29, 0.717) is 42.9 Å². The van der Waals surface area contributed by atoms with E-state index in [0.717, 1.165) is 72.7 Å². The smallest absolute Gasteiger partial charge is 0.257 e. The van der Waals surface area contributed by atoms with E-state index < -0.39 is 0 Å². The highest BCUT2D eigenvalue weighted by Gasteiger charge is 2.23. The largest absolute Gasteiger partial charge is 0.491 e. The Labute approximate surface area is 227 Å². The van der Waals surface area contributed by atoms with Crippen molar-refractivity contribution in [1.82, 2.24) is 19.3 Å². The molecule has 9 heteroatoms. The molecule has 39 heavy (non-hydrogen) atoms. The number of hydrogen-bond acceptors (Lipinski definition) is 8. The number of rotatable bonds is 8. The number of ether oxygens (including phenoxy) is 4. The SMILES string of the molecule is COCCN1CCC[C@@H](COc2cc(-c3ccc(C#N)cc3)c(-c3cnc4c(c3)OCCO4)n3cncc23)C1. The first-order valence-corrected chi connectivity index (χ1v) is 13.3. The number of fused-ring (bicyclic) bond motifs is 2. The summed E-state index contributed by atoms with van der Waals surface area (Å²) in [5.74, 6) is 2.33. The van der Waals surface area contributed by atoms with Gasteiger partial charge in [0.15, 0.2) is 5.75 Å². The highest BCUT2D eigenvalue weighted by Crippen LogP contribution is 2.40. The minimum absolute atomic E-state index is 0.443. The Hall–Kier alpha value is -4.13. The third-order valence-electron chi connectivity index (χ3n) is 7.35. The molecule has 0 spiro atoms. The Morgan fingerprint density at radius 1 is 1.10 bits per heavy atom. The molecule has 1 aromatic carbocycles. The van der Waals surface area contributed by atoms with Gasteiger partial charge in [0, 0.05) is 43.4 Å². The van der Waals surface area contributed by atoms with Crippen LogP contribution < -0.4 is 14.2 Å². The number of likely N-dealkylation sites (tertiary alicyclic amines) is 1. The monoisotopic (exact) mass is 525 g/mol. The minimum Gasteiger partial charge on any atom is -0.491 e. The van der Waals surface area contributed by atoms with E-state index in [4.69, 9.17) is 18.9 Å². The Balaban J connectivity index is 1.38. The van der Waals surface area contributed by atoms with Gasteiger partial charge in [0.2, 0.25) is 0 Å². The van der Waals surface area contributed by atoms with E-state index in [-0.39, 0.29) is 0 Å². The van der Waals surface area contributed by atoms with Gasteiger partial charge in [0.25, 0.3) is 5.88 Å². The molecule has 4 aromatic rings. The number of hydrogen-bond donors (Lipinski definition) is 0. The number of benzene rings is 1. The highest BCUT2D eigenvalue weighted by atomic mass is 16.6. The Morgan fingerprint density at radius 2 is 1.97 bits per heavy atom. The lowest BCUT2D eigenvalue weighted by Crippen LogP contribution is -2.39. The molecule has 5 heterocycles. The van der Waals surface area contributed by atoms with Crippen LogP contribution in [-0.4, -0.2) is 72.4 Å². The van der Waals surface area contributed by atoms with Gasteiger partial charge in [-0.05, 0) is 49.2 Å². The van der Waals surface area contributed by atoms with Gasteiger partial charge in [-0.25, -0.2) is 9.97 Å². The molecule has 3 aromatic heterocycles. The molecule has 1 atom stereocenters. The zero-order chi connectivity index (χ0) is 26.6. The maximum atomic E-state index is 9.34. The lowest BCUT2D eigenvalue weighted by Gasteiger charge is -2.32. The number of nitriles is 1. The van der Waals surface area contributed by atoms with Crippen LogP contribution >= 0.6 is 0 Å². The van der Waals surface area contributed by atoms with Crippen molar-refractivity contribution >= 4 is 5.52 Å². The van der Waals surface area contributed by atoms with Crippen molar-refractivity contribution < 1.29 is 18.9 Å². The molecule has 9 nitrogen and oxygen atoms in total. The Bertz CT molecular complexity index is 1490. The lowest BCUT2D eigenvalue weighted by molar-refractivity contribution is 0.0961. The third kappa shape index (κ3) is 5.26. The van der Waals surface area contributed by atoms with Crippen molar-refractivity contribution in [2.75, 3.05) is 53.2 Å².